The number of methoxy groups -OCH3 is 1. The second-order valence-corrected chi connectivity index (χ2v) is 11.0. The summed E-state index contributed by atoms with van der Waals surface area (Å²) in [4.78, 5) is 39.1. The molecule has 0 atom stereocenters. The number of nitrogens with zero attached hydrogens (tertiary/aromatic N) is 1. The number of anilines is 1. The molecule has 1 aliphatic rings. The molecule has 0 radical (unpaired) electrons. The first-order valence-corrected chi connectivity index (χ1v) is 13.9. The van der Waals surface area contributed by atoms with E-state index in [-0.39, 0.29) is 49.7 Å². The third kappa shape index (κ3) is 6.00. The fraction of sp³-hybridized carbons (Fsp3) is 0.0741. The van der Waals surface area contributed by atoms with Gasteiger partial charge in [-0.05, 0) is 72.7 Å². The molecule has 13 heteroatoms. The van der Waals surface area contributed by atoms with Gasteiger partial charge in [0, 0.05) is 10.6 Å². The van der Waals surface area contributed by atoms with Gasteiger partial charge >= 0.3 is 16.1 Å². The Kier molecular flexibility index (Phi) is 8.55. The van der Waals surface area contributed by atoms with E-state index >= 15 is 0 Å². The quantitative estimate of drug-likeness (QED) is 0.146. The maximum absolute atomic E-state index is 13.3. The van der Waals surface area contributed by atoms with Crippen molar-refractivity contribution in [3.63, 3.8) is 0 Å². The summed E-state index contributed by atoms with van der Waals surface area (Å²) in [6.07, 6.45) is 2.89. The summed E-state index contributed by atoms with van der Waals surface area (Å²) in [5.41, 5.74) is 0.336. The Morgan fingerprint density at radius 1 is 0.975 bits per heavy atom. The molecule has 1 aliphatic heterocycles. The summed E-state index contributed by atoms with van der Waals surface area (Å²) >= 11 is 17.8. The highest BCUT2D eigenvalue weighted by Crippen LogP contribution is 2.37. The smallest absolute Gasteiger partial charge is 0.339 e. The fourth-order valence-corrected chi connectivity index (χ4v) is 5.15. The van der Waals surface area contributed by atoms with Gasteiger partial charge in [0.15, 0.2) is 11.5 Å². The maximum atomic E-state index is 13.3. The lowest BCUT2D eigenvalue weighted by Crippen LogP contribution is -2.54. The lowest BCUT2D eigenvalue weighted by atomic mass is 10.0. The van der Waals surface area contributed by atoms with E-state index < -0.39 is 28.0 Å². The number of ether oxygens (including phenoxy) is 1. The van der Waals surface area contributed by atoms with Crippen molar-refractivity contribution in [1.29, 1.82) is 0 Å². The highest BCUT2D eigenvalue weighted by molar-refractivity contribution is 7.87. The van der Waals surface area contributed by atoms with Crippen molar-refractivity contribution >= 4 is 74.5 Å². The van der Waals surface area contributed by atoms with Crippen molar-refractivity contribution in [3.05, 3.63) is 99.0 Å². The van der Waals surface area contributed by atoms with Gasteiger partial charge in [-0.3, -0.25) is 14.9 Å². The number of carbonyl (C=O) groups excluding carboxylic acids is 3. The maximum Gasteiger partial charge on any atom is 0.339 e. The summed E-state index contributed by atoms with van der Waals surface area (Å²) in [5, 5.41) is 2.78. The van der Waals surface area contributed by atoms with E-state index in [1.165, 1.54) is 73.9 Å². The van der Waals surface area contributed by atoms with E-state index in [1.807, 2.05) is 0 Å². The van der Waals surface area contributed by atoms with Crippen LogP contribution in [-0.4, -0.2) is 33.4 Å². The molecular weight excluding hydrogens is 603 g/mol. The normalized spacial score (nSPS) is 14.8. The second kappa shape index (κ2) is 11.7. The SMILES string of the molecule is C=CCc1cc(/C=C2\C(=O)NC(=O)N(c3ccc(Cl)c(Cl)c3)C2=O)cc(OC)c1OS(=O)(=O)c1ccc(Cl)cc1. The third-order valence-electron chi connectivity index (χ3n) is 5.61. The predicted octanol–water partition coefficient (Wildman–Crippen LogP) is 5.82. The van der Waals surface area contributed by atoms with Gasteiger partial charge in [0.25, 0.3) is 11.8 Å². The lowest BCUT2D eigenvalue weighted by molar-refractivity contribution is -0.122. The molecule has 1 N–H and O–H groups in total. The van der Waals surface area contributed by atoms with Crippen LogP contribution in [-0.2, 0) is 26.1 Å². The molecule has 9 nitrogen and oxygen atoms in total. The molecule has 1 heterocycles. The van der Waals surface area contributed by atoms with Crippen molar-refractivity contribution in [1.82, 2.24) is 5.32 Å². The number of allylic oxidation sites excluding steroid dienone is 1. The molecule has 4 rings (SSSR count). The van der Waals surface area contributed by atoms with Crippen LogP contribution < -0.4 is 19.1 Å². The number of hydrogen-bond acceptors (Lipinski definition) is 7. The van der Waals surface area contributed by atoms with Crippen LogP contribution in [0.1, 0.15) is 11.1 Å². The standard InChI is InChI=1S/C27H19Cl3N2O7S/c1-3-4-16-11-15(13-23(38-2)24(16)39-40(36,37)19-8-5-17(28)6-9-19)12-20-25(33)31-27(35)32(26(20)34)18-7-10-21(29)22(30)14-18/h3,5-14H,1,4H2,2H3,(H,31,33,35)/b20-12+. The van der Waals surface area contributed by atoms with Gasteiger partial charge in [-0.15, -0.1) is 6.58 Å². The number of carbonyl (C=O) groups is 3. The van der Waals surface area contributed by atoms with E-state index in [0.29, 0.717) is 10.6 Å². The van der Waals surface area contributed by atoms with Gasteiger partial charge in [-0.2, -0.15) is 8.42 Å². The third-order valence-corrected chi connectivity index (χ3v) is 7.83. The van der Waals surface area contributed by atoms with Crippen molar-refractivity contribution in [2.24, 2.45) is 0 Å². The van der Waals surface area contributed by atoms with Gasteiger partial charge < -0.3 is 8.92 Å². The molecule has 1 saturated heterocycles. The van der Waals surface area contributed by atoms with Crippen LogP contribution in [0.2, 0.25) is 15.1 Å². The Labute approximate surface area is 244 Å². The van der Waals surface area contributed by atoms with E-state index in [0.717, 1.165) is 4.90 Å². The van der Waals surface area contributed by atoms with Crippen molar-refractivity contribution in [2.75, 3.05) is 12.0 Å². The zero-order valence-corrected chi connectivity index (χ0v) is 23.7. The molecule has 1 fully saturated rings. The van der Waals surface area contributed by atoms with Gasteiger partial charge in [0.1, 0.15) is 10.5 Å². The number of barbiturate groups is 1. The molecule has 0 unspecified atom stereocenters. The number of nitrogens with one attached hydrogen (secondary N) is 1. The Bertz CT molecular complexity index is 1690. The second-order valence-electron chi connectivity index (χ2n) is 8.25. The van der Waals surface area contributed by atoms with Gasteiger partial charge in [0.2, 0.25) is 0 Å². The molecule has 40 heavy (non-hydrogen) atoms. The number of rotatable bonds is 8. The van der Waals surface area contributed by atoms with Gasteiger partial charge in [-0.1, -0.05) is 40.9 Å². The Morgan fingerprint density at radius 3 is 2.30 bits per heavy atom. The largest absolute Gasteiger partial charge is 0.493 e. The van der Waals surface area contributed by atoms with Crippen molar-refractivity contribution in [2.45, 2.75) is 11.3 Å². The van der Waals surface area contributed by atoms with Crippen LogP contribution >= 0.6 is 34.8 Å². The van der Waals surface area contributed by atoms with E-state index in [9.17, 15) is 22.8 Å². The molecule has 206 valence electrons. The average Bonchev–Trinajstić information content (AvgIpc) is 2.90. The topological polar surface area (TPSA) is 119 Å². The fourth-order valence-electron chi connectivity index (χ4n) is 3.76. The first kappa shape index (κ1) is 29.2. The molecule has 3 aromatic carbocycles. The van der Waals surface area contributed by atoms with Crippen molar-refractivity contribution < 1.29 is 31.7 Å². The van der Waals surface area contributed by atoms with Gasteiger partial charge in [0.05, 0.1) is 22.8 Å². The van der Waals surface area contributed by atoms with E-state index in [2.05, 4.69) is 11.9 Å². The van der Waals surface area contributed by atoms with Crippen LogP contribution in [0.15, 0.2) is 77.7 Å². The Hall–Kier alpha value is -3.83. The predicted molar refractivity (Wildman–Crippen MR) is 152 cm³/mol. The monoisotopic (exact) mass is 620 g/mol. The van der Waals surface area contributed by atoms with Crippen LogP contribution in [0.25, 0.3) is 6.08 Å². The number of hydrogen-bond donors (Lipinski definition) is 1. The average molecular weight is 622 g/mol. The molecule has 3 aromatic rings. The molecule has 0 bridgehead atoms. The molecule has 4 amide bonds. The minimum atomic E-state index is -4.28. The number of halogens is 3. The molecule has 0 saturated carbocycles. The summed E-state index contributed by atoms with van der Waals surface area (Å²) in [5.74, 6) is -1.94. The van der Waals surface area contributed by atoms with Crippen molar-refractivity contribution in [3.8, 4) is 11.5 Å². The summed E-state index contributed by atoms with van der Waals surface area (Å²) in [6, 6.07) is 11.5. The zero-order chi connectivity index (χ0) is 29.2. The number of amides is 4. The highest BCUT2D eigenvalue weighted by Gasteiger charge is 2.37. The minimum absolute atomic E-state index is 0.00446. The van der Waals surface area contributed by atoms with E-state index in [1.54, 1.807) is 0 Å². The van der Waals surface area contributed by atoms with Crippen LogP contribution in [0.3, 0.4) is 0 Å². The van der Waals surface area contributed by atoms with Crippen LogP contribution in [0.5, 0.6) is 11.5 Å². The lowest BCUT2D eigenvalue weighted by Gasteiger charge is -2.26. The number of imide groups is 2. The van der Waals surface area contributed by atoms with Gasteiger partial charge in [-0.25, -0.2) is 9.69 Å². The van der Waals surface area contributed by atoms with Crippen LogP contribution in [0, 0.1) is 0 Å². The number of urea groups is 1. The molecular formula is C27H19Cl3N2O7S. The first-order chi connectivity index (χ1) is 18.9. The molecule has 0 spiro atoms. The number of benzene rings is 3. The highest BCUT2D eigenvalue weighted by atomic mass is 35.5. The Balaban J connectivity index is 1.76. The first-order valence-electron chi connectivity index (χ1n) is 11.3. The summed E-state index contributed by atoms with van der Waals surface area (Å²) < 4.78 is 36.8. The molecule has 0 aromatic heterocycles. The van der Waals surface area contributed by atoms with E-state index in [4.69, 9.17) is 43.7 Å². The van der Waals surface area contributed by atoms with Crippen LogP contribution in [0.4, 0.5) is 10.5 Å². The molecule has 0 aliphatic carbocycles. The summed E-state index contributed by atoms with van der Waals surface area (Å²) in [7, 11) is -2.98. The Morgan fingerprint density at radius 2 is 1.68 bits per heavy atom. The summed E-state index contributed by atoms with van der Waals surface area (Å²) in [6.45, 7) is 3.69. The minimum Gasteiger partial charge on any atom is -0.493 e. The zero-order valence-electron chi connectivity index (χ0n) is 20.6.